The molecule has 17 heavy (non-hydrogen) atoms. The Morgan fingerprint density at radius 3 is 2.71 bits per heavy atom. The number of ether oxygens (including phenoxy) is 1. The largest absolute Gasteiger partial charge is 0.496 e. The molecule has 0 aromatic heterocycles. The SMILES string of the molecule is COc1c(C)cc(C)cc1CC/C=C/C(=O)O. The third-order valence-corrected chi connectivity index (χ3v) is 2.54. The lowest BCUT2D eigenvalue weighted by molar-refractivity contribution is -0.131. The van der Waals surface area contributed by atoms with Crippen LogP contribution in [-0.4, -0.2) is 18.2 Å². The highest BCUT2D eigenvalue weighted by molar-refractivity contribution is 5.79. The molecule has 0 aliphatic carbocycles. The second kappa shape index (κ2) is 6.09. The standard InChI is InChI=1S/C14H18O3/c1-10-8-11(2)14(17-3)12(9-10)6-4-5-7-13(15)16/h5,7-9H,4,6H2,1-3H3,(H,15,16)/b7-5+. The van der Waals surface area contributed by atoms with E-state index in [2.05, 4.69) is 12.1 Å². The highest BCUT2D eigenvalue weighted by Gasteiger charge is 2.06. The van der Waals surface area contributed by atoms with Crippen molar-refractivity contribution in [1.82, 2.24) is 0 Å². The van der Waals surface area contributed by atoms with Gasteiger partial charge in [-0.15, -0.1) is 0 Å². The molecule has 0 radical (unpaired) electrons. The fraction of sp³-hybridized carbons (Fsp3) is 0.357. The molecule has 0 aliphatic heterocycles. The Labute approximate surface area is 102 Å². The number of benzene rings is 1. The molecule has 3 nitrogen and oxygen atoms in total. The van der Waals surface area contributed by atoms with Gasteiger partial charge in [0.15, 0.2) is 0 Å². The van der Waals surface area contributed by atoms with Crippen molar-refractivity contribution in [2.75, 3.05) is 7.11 Å². The number of carbonyl (C=O) groups is 1. The van der Waals surface area contributed by atoms with Crippen molar-refractivity contribution >= 4 is 5.97 Å². The summed E-state index contributed by atoms with van der Waals surface area (Å²) >= 11 is 0. The minimum atomic E-state index is -0.905. The number of allylic oxidation sites excluding steroid dienone is 1. The molecule has 0 aliphatic rings. The summed E-state index contributed by atoms with van der Waals surface area (Å²) in [7, 11) is 1.66. The first-order valence-corrected chi connectivity index (χ1v) is 5.58. The molecule has 0 atom stereocenters. The van der Waals surface area contributed by atoms with E-state index in [0.29, 0.717) is 6.42 Å². The van der Waals surface area contributed by atoms with Crippen molar-refractivity contribution < 1.29 is 14.6 Å². The van der Waals surface area contributed by atoms with Gasteiger partial charge in [-0.2, -0.15) is 0 Å². The molecule has 1 N–H and O–H groups in total. The van der Waals surface area contributed by atoms with Gasteiger partial charge in [-0.25, -0.2) is 4.79 Å². The molecule has 0 unspecified atom stereocenters. The Kier molecular flexibility index (Phi) is 4.76. The Hall–Kier alpha value is -1.77. The van der Waals surface area contributed by atoms with Gasteiger partial charge >= 0.3 is 5.97 Å². The average molecular weight is 234 g/mol. The summed E-state index contributed by atoms with van der Waals surface area (Å²) in [6.07, 6.45) is 4.33. The van der Waals surface area contributed by atoms with Gasteiger partial charge in [-0.1, -0.05) is 23.8 Å². The number of carboxylic acids is 1. The molecule has 0 amide bonds. The fourth-order valence-corrected chi connectivity index (χ4v) is 1.94. The molecule has 1 aromatic carbocycles. The maximum absolute atomic E-state index is 10.3. The molecule has 0 bridgehead atoms. The first-order valence-electron chi connectivity index (χ1n) is 5.58. The molecular formula is C14H18O3. The third-order valence-electron chi connectivity index (χ3n) is 2.54. The summed E-state index contributed by atoms with van der Waals surface area (Å²) in [5, 5.41) is 8.49. The van der Waals surface area contributed by atoms with Crippen molar-refractivity contribution in [1.29, 1.82) is 0 Å². The van der Waals surface area contributed by atoms with Crippen LogP contribution in [0.3, 0.4) is 0 Å². The Morgan fingerprint density at radius 2 is 2.12 bits per heavy atom. The van der Waals surface area contributed by atoms with Crippen molar-refractivity contribution in [3.63, 3.8) is 0 Å². The van der Waals surface area contributed by atoms with Gasteiger partial charge in [0.25, 0.3) is 0 Å². The normalized spacial score (nSPS) is 10.8. The van der Waals surface area contributed by atoms with E-state index in [-0.39, 0.29) is 0 Å². The van der Waals surface area contributed by atoms with E-state index in [1.54, 1.807) is 13.2 Å². The molecule has 0 saturated carbocycles. The smallest absolute Gasteiger partial charge is 0.327 e. The quantitative estimate of drug-likeness (QED) is 0.797. The minimum Gasteiger partial charge on any atom is -0.496 e. The molecule has 92 valence electrons. The Balaban J connectivity index is 2.79. The van der Waals surface area contributed by atoms with Crippen LogP contribution < -0.4 is 4.74 Å². The number of hydrogen-bond acceptors (Lipinski definition) is 2. The molecular weight excluding hydrogens is 216 g/mol. The van der Waals surface area contributed by atoms with Crippen LogP contribution in [0, 0.1) is 13.8 Å². The van der Waals surface area contributed by atoms with Crippen molar-refractivity contribution in [3.05, 3.63) is 41.0 Å². The van der Waals surface area contributed by atoms with E-state index in [1.807, 2.05) is 13.8 Å². The predicted molar refractivity (Wildman–Crippen MR) is 67.6 cm³/mol. The number of aliphatic carboxylic acids is 1. The summed E-state index contributed by atoms with van der Waals surface area (Å²) in [5.74, 6) is -0.00304. The molecule has 3 heteroatoms. The first kappa shape index (κ1) is 13.3. The monoisotopic (exact) mass is 234 g/mol. The van der Waals surface area contributed by atoms with E-state index in [4.69, 9.17) is 9.84 Å². The Bertz CT molecular complexity index is 433. The maximum atomic E-state index is 10.3. The van der Waals surface area contributed by atoms with E-state index in [1.165, 1.54) is 11.6 Å². The zero-order chi connectivity index (χ0) is 12.8. The molecule has 0 fully saturated rings. The summed E-state index contributed by atoms with van der Waals surface area (Å²) < 4.78 is 5.37. The lowest BCUT2D eigenvalue weighted by Crippen LogP contribution is -1.96. The summed E-state index contributed by atoms with van der Waals surface area (Å²) in [4.78, 5) is 10.3. The fourth-order valence-electron chi connectivity index (χ4n) is 1.94. The zero-order valence-corrected chi connectivity index (χ0v) is 10.5. The molecule has 1 rings (SSSR count). The van der Waals surface area contributed by atoms with Gasteiger partial charge in [0.05, 0.1) is 7.11 Å². The average Bonchev–Trinajstić information content (AvgIpc) is 2.23. The second-order valence-electron chi connectivity index (χ2n) is 4.05. The van der Waals surface area contributed by atoms with Crippen LogP contribution in [0.1, 0.15) is 23.1 Å². The summed E-state index contributed by atoms with van der Waals surface area (Å²) in [6.45, 7) is 4.06. The van der Waals surface area contributed by atoms with Crippen LogP contribution in [0.5, 0.6) is 5.75 Å². The second-order valence-corrected chi connectivity index (χ2v) is 4.05. The third kappa shape index (κ3) is 3.94. The predicted octanol–water partition coefficient (Wildman–Crippen LogP) is 2.89. The van der Waals surface area contributed by atoms with Crippen LogP contribution in [0.15, 0.2) is 24.3 Å². The van der Waals surface area contributed by atoms with Crippen LogP contribution >= 0.6 is 0 Å². The first-order chi connectivity index (χ1) is 8.04. The number of aryl methyl sites for hydroxylation is 3. The van der Waals surface area contributed by atoms with Gasteiger partial charge in [0, 0.05) is 6.08 Å². The van der Waals surface area contributed by atoms with Crippen molar-refractivity contribution in [3.8, 4) is 5.75 Å². The topological polar surface area (TPSA) is 46.5 Å². The van der Waals surface area contributed by atoms with Crippen molar-refractivity contribution in [2.24, 2.45) is 0 Å². The van der Waals surface area contributed by atoms with Gasteiger partial charge in [0.1, 0.15) is 5.75 Å². The van der Waals surface area contributed by atoms with Crippen molar-refractivity contribution in [2.45, 2.75) is 26.7 Å². The summed E-state index contributed by atoms with van der Waals surface area (Å²) in [6, 6.07) is 4.16. The molecule has 0 saturated heterocycles. The lowest BCUT2D eigenvalue weighted by Gasteiger charge is -2.12. The van der Waals surface area contributed by atoms with Gasteiger partial charge in [-0.3, -0.25) is 0 Å². The highest BCUT2D eigenvalue weighted by atomic mass is 16.5. The molecule has 0 heterocycles. The number of rotatable bonds is 5. The maximum Gasteiger partial charge on any atom is 0.327 e. The highest BCUT2D eigenvalue weighted by Crippen LogP contribution is 2.26. The Morgan fingerprint density at radius 1 is 1.41 bits per heavy atom. The number of carboxylic acid groups (broad SMARTS) is 1. The molecule has 0 spiro atoms. The van der Waals surface area contributed by atoms with Gasteiger partial charge < -0.3 is 9.84 Å². The minimum absolute atomic E-state index is 0.700. The van der Waals surface area contributed by atoms with E-state index in [9.17, 15) is 4.79 Å². The zero-order valence-electron chi connectivity index (χ0n) is 10.5. The van der Waals surface area contributed by atoms with Crippen LogP contribution in [-0.2, 0) is 11.2 Å². The van der Waals surface area contributed by atoms with E-state index < -0.39 is 5.97 Å². The van der Waals surface area contributed by atoms with Crippen LogP contribution in [0.4, 0.5) is 0 Å². The number of methoxy groups -OCH3 is 1. The summed E-state index contributed by atoms with van der Waals surface area (Å²) in [5.41, 5.74) is 3.44. The van der Waals surface area contributed by atoms with Gasteiger partial charge in [0.2, 0.25) is 0 Å². The van der Waals surface area contributed by atoms with Gasteiger partial charge in [-0.05, 0) is 37.8 Å². The van der Waals surface area contributed by atoms with Crippen LogP contribution in [0.2, 0.25) is 0 Å². The number of hydrogen-bond donors (Lipinski definition) is 1. The lowest BCUT2D eigenvalue weighted by atomic mass is 10.0. The van der Waals surface area contributed by atoms with E-state index >= 15 is 0 Å². The van der Waals surface area contributed by atoms with Crippen LogP contribution in [0.25, 0.3) is 0 Å². The van der Waals surface area contributed by atoms with E-state index in [0.717, 1.165) is 23.3 Å². The molecule has 1 aromatic rings.